The third kappa shape index (κ3) is 3.96. The maximum absolute atomic E-state index is 3.95. The fraction of sp³-hybridized carbons (Fsp3) is 1.00. The van der Waals surface area contributed by atoms with Crippen molar-refractivity contribution in [1.82, 2.24) is 10.2 Å². The highest BCUT2D eigenvalue weighted by molar-refractivity contribution is 4.89. The van der Waals surface area contributed by atoms with Crippen LogP contribution in [0.4, 0.5) is 0 Å². The van der Waals surface area contributed by atoms with E-state index in [-0.39, 0.29) is 0 Å². The van der Waals surface area contributed by atoms with Crippen molar-refractivity contribution < 1.29 is 0 Å². The van der Waals surface area contributed by atoms with Crippen molar-refractivity contribution >= 4 is 0 Å². The van der Waals surface area contributed by atoms with Crippen LogP contribution in [0.25, 0.3) is 0 Å². The number of nitrogens with zero attached hydrogens (tertiary/aromatic N) is 1. The highest BCUT2D eigenvalue weighted by Gasteiger charge is 2.32. The Morgan fingerprint density at radius 1 is 1.06 bits per heavy atom. The molecular weight excluding hydrogens is 220 g/mol. The van der Waals surface area contributed by atoms with Crippen molar-refractivity contribution in [2.24, 2.45) is 5.41 Å². The van der Waals surface area contributed by atoms with Gasteiger partial charge in [0, 0.05) is 18.1 Å². The first-order valence-corrected chi connectivity index (χ1v) is 7.96. The molecule has 2 heteroatoms. The maximum Gasteiger partial charge on any atom is 0.00823 e. The largest absolute Gasteiger partial charge is 0.311 e. The second-order valence-electron chi connectivity index (χ2n) is 7.53. The van der Waals surface area contributed by atoms with Crippen LogP contribution >= 0.6 is 0 Å². The molecule has 106 valence electrons. The zero-order valence-corrected chi connectivity index (χ0v) is 12.8. The SMILES string of the molecule is CC(C)N1CCCC(NC2CCC(C)(C)C2)CC1. The summed E-state index contributed by atoms with van der Waals surface area (Å²) in [5.41, 5.74) is 0.576. The third-order valence-corrected chi connectivity index (χ3v) is 4.93. The Hall–Kier alpha value is -0.0800. The third-order valence-electron chi connectivity index (χ3n) is 4.93. The molecule has 0 aromatic heterocycles. The summed E-state index contributed by atoms with van der Waals surface area (Å²) in [6.45, 7) is 12.1. The molecule has 0 aromatic carbocycles. The first kappa shape index (κ1) is 14.3. The summed E-state index contributed by atoms with van der Waals surface area (Å²) in [5.74, 6) is 0. The lowest BCUT2D eigenvalue weighted by Gasteiger charge is -2.25. The van der Waals surface area contributed by atoms with Crippen LogP contribution in [0.3, 0.4) is 0 Å². The molecule has 2 rings (SSSR count). The minimum absolute atomic E-state index is 0.576. The lowest BCUT2D eigenvalue weighted by Crippen LogP contribution is -2.38. The van der Waals surface area contributed by atoms with E-state index in [0.29, 0.717) is 11.5 Å². The predicted octanol–water partition coefficient (Wildman–Crippen LogP) is 3.42. The van der Waals surface area contributed by atoms with E-state index in [1.54, 1.807) is 0 Å². The standard InChI is InChI=1S/C16H32N2/c1-13(2)18-10-5-6-14(8-11-18)17-15-7-9-16(3,4)12-15/h13-15,17H,5-12H2,1-4H3. The molecule has 1 N–H and O–H groups in total. The summed E-state index contributed by atoms with van der Waals surface area (Å²) in [4.78, 5) is 2.64. The van der Waals surface area contributed by atoms with Gasteiger partial charge in [-0.15, -0.1) is 0 Å². The number of nitrogens with one attached hydrogen (secondary N) is 1. The van der Waals surface area contributed by atoms with Gasteiger partial charge in [-0.1, -0.05) is 13.8 Å². The fourth-order valence-electron chi connectivity index (χ4n) is 3.71. The van der Waals surface area contributed by atoms with Gasteiger partial charge in [-0.25, -0.2) is 0 Å². The smallest absolute Gasteiger partial charge is 0.00823 e. The van der Waals surface area contributed by atoms with Gasteiger partial charge >= 0.3 is 0 Å². The zero-order chi connectivity index (χ0) is 13.2. The Morgan fingerprint density at radius 3 is 2.44 bits per heavy atom. The van der Waals surface area contributed by atoms with Crippen molar-refractivity contribution in [2.45, 2.75) is 84.3 Å². The molecule has 2 atom stereocenters. The quantitative estimate of drug-likeness (QED) is 0.828. The molecule has 0 radical (unpaired) electrons. The van der Waals surface area contributed by atoms with E-state index >= 15 is 0 Å². The van der Waals surface area contributed by atoms with Crippen LogP contribution in [0.1, 0.15) is 66.2 Å². The van der Waals surface area contributed by atoms with Crippen LogP contribution < -0.4 is 5.32 Å². The Kier molecular flexibility index (Phi) is 4.71. The molecule has 1 saturated carbocycles. The van der Waals surface area contributed by atoms with Crippen molar-refractivity contribution in [2.75, 3.05) is 13.1 Å². The van der Waals surface area contributed by atoms with Gasteiger partial charge in [0.15, 0.2) is 0 Å². The van der Waals surface area contributed by atoms with Crippen LogP contribution in [-0.2, 0) is 0 Å². The van der Waals surface area contributed by atoms with E-state index in [0.717, 1.165) is 12.1 Å². The highest BCUT2D eigenvalue weighted by Crippen LogP contribution is 2.37. The van der Waals surface area contributed by atoms with Crippen LogP contribution in [-0.4, -0.2) is 36.1 Å². The Bertz CT molecular complexity index is 260. The summed E-state index contributed by atoms with van der Waals surface area (Å²) in [6.07, 6.45) is 8.24. The summed E-state index contributed by atoms with van der Waals surface area (Å²) >= 11 is 0. The Balaban J connectivity index is 1.77. The average Bonchev–Trinajstić information content (AvgIpc) is 2.51. The lowest BCUT2D eigenvalue weighted by atomic mass is 9.91. The first-order valence-electron chi connectivity index (χ1n) is 7.96. The van der Waals surface area contributed by atoms with Crippen LogP contribution in [0.15, 0.2) is 0 Å². The van der Waals surface area contributed by atoms with Gasteiger partial charge in [-0.2, -0.15) is 0 Å². The van der Waals surface area contributed by atoms with Gasteiger partial charge in [-0.3, -0.25) is 0 Å². The molecule has 0 spiro atoms. The molecule has 2 fully saturated rings. The molecular formula is C16H32N2. The summed E-state index contributed by atoms with van der Waals surface area (Å²) in [6, 6.07) is 2.28. The van der Waals surface area contributed by atoms with E-state index in [4.69, 9.17) is 0 Å². The molecule has 18 heavy (non-hydrogen) atoms. The van der Waals surface area contributed by atoms with Crippen molar-refractivity contribution in [3.8, 4) is 0 Å². The van der Waals surface area contributed by atoms with E-state index < -0.39 is 0 Å². The van der Waals surface area contributed by atoms with Gasteiger partial charge in [-0.05, 0) is 70.9 Å². The summed E-state index contributed by atoms with van der Waals surface area (Å²) < 4.78 is 0. The van der Waals surface area contributed by atoms with Crippen molar-refractivity contribution in [3.05, 3.63) is 0 Å². The fourth-order valence-corrected chi connectivity index (χ4v) is 3.71. The predicted molar refractivity (Wildman–Crippen MR) is 78.9 cm³/mol. The van der Waals surface area contributed by atoms with E-state index in [1.165, 1.54) is 51.6 Å². The van der Waals surface area contributed by atoms with Gasteiger partial charge in [0.05, 0.1) is 0 Å². The second-order valence-corrected chi connectivity index (χ2v) is 7.53. The van der Waals surface area contributed by atoms with Crippen LogP contribution in [0.5, 0.6) is 0 Å². The molecule has 0 bridgehead atoms. The lowest BCUT2D eigenvalue weighted by molar-refractivity contribution is 0.228. The summed E-state index contributed by atoms with van der Waals surface area (Å²) in [5, 5.41) is 3.95. The molecule has 2 aliphatic rings. The number of hydrogen-bond acceptors (Lipinski definition) is 2. The monoisotopic (exact) mass is 252 g/mol. The minimum atomic E-state index is 0.576. The van der Waals surface area contributed by atoms with Crippen LogP contribution in [0, 0.1) is 5.41 Å². The van der Waals surface area contributed by atoms with Gasteiger partial charge < -0.3 is 10.2 Å². The highest BCUT2D eigenvalue weighted by atomic mass is 15.2. The van der Waals surface area contributed by atoms with Gasteiger partial charge in [0.25, 0.3) is 0 Å². The molecule has 1 aliphatic heterocycles. The van der Waals surface area contributed by atoms with E-state index in [2.05, 4.69) is 37.9 Å². The Labute approximate surface area is 114 Å². The molecule has 2 unspecified atom stereocenters. The van der Waals surface area contributed by atoms with E-state index in [1.807, 2.05) is 0 Å². The van der Waals surface area contributed by atoms with Crippen LogP contribution in [0.2, 0.25) is 0 Å². The summed E-state index contributed by atoms with van der Waals surface area (Å²) in [7, 11) is 0. The molecule has 1 heterocycles. The Morgan fingerprint density at radius 2 is 1.83 bits per heavy atom. The van der Waals surface area contributed by atoms with Crippen molar-refractivity contribution in [3.63, 3.8) is 0 Å². The first-order chi connectivity index (χ1) is 8.46. The number of hydrogen-bond donors (Lipinski definition) is 1. The molecule has 1 aliphatic carbocycles. The van der Waals surface area contributed by atoms with Gasteiger partial charge in [0.1, 0.15) is 0 Å². The number of rotatable bonds is 3. The molecule has 0 aromatic rings. The number of likely N-dealkylation sites (tertiary alicyclic amines) is 1. The molecule has 0 amide bonds. The maximum atomic E-state index is 3.95. The van der Waals surface area contributed by atoms with E-state index in [9.17, 15) is 0 Å². The topological polar surface area (TPSA) is 15.3 Å². The average molecular weight is 252 g/mol. The molecule has 1 saturated heterocycles. The zero-order valence-electron chi connectivity index (χ0n) is 12.8. The second kappa shape index (κ2) is 5.92. The molecule has 2 nitrogen and oxygen atoms in total. The van der Waals surface area contributed by atoms with Crippen molar-refractivity contribution in [1.29, 1.82) is 0 Å². The van der Waals surface area contributed by atoms with Gasteiger partial charge in [0.2, 0.25) is 0 Å². The minimum Gasteiger partial charge on any atom is -0.311 e. The normalized spacial score (nSPS) is 33.8.